The highest BCUT2D eigenvalue weighted by Gasteiger charge is 2.15. The molecule has 0 heterocycles. The third-order valence-corrected chi connectivity index (χ3v) is 5.25. The lowest BCUT2D eigenvalue weighted by Crippen LogP contribution is -2.09. The van der Waals surface area contributed by atoms with E-state index in [1.165, 1.54) is 0 Å². The smallest absolute Gasteiger partial charge is 0.264 e. The van der Waals surface area contributed by atoms with E-state index >= 15 is 0 Å². The van der Waals surface area contributed by atoms with Crippen LogP contribution < -0.4 is 0 Å². The van der Waals surface area contributed by atoms with Gasteiger partial charge in [-0.1, -0.05) is 48.5 Å². The maximum atomic E-state index is 10.9. The van der Waals surface area contributed by atoms with Gasteiger partial charge in [0, 0.05) is 0 Å². The van der Waals surface area contributed by atoms with Gasteiger partial charge in [-0.3, -0.25) is 9.11 Å². The molecule has 0 fully saturated rings. The molecule has 2 N–H and O–H groups in total. The minimum absolute atomic E-state index is 0.224. The Morgan fingerprint density at radius 2 is 0.893 bits per heavy atom. The van der Waals surface area contributed by atoms with E-state index in [1.807, 2.05) is 48.5 Å². The van der Waals surface area contributed by atoms with Gasteiger partial charge in [-0.2, -0.15) is 16.8 Å². The molecule has 28 heavy (non-hydrogen) atoms. The van der Waals surface area contributed by atoms with Gasteiger partial charge in [-0.15, -0.1) is 0 Å². The summed E-state index contributed by atoms with van der Waals surface area (Å²) in [7, 11) is -9.06. The van der Waals surface area contributed by atoms with Crippen molar-refractivity contribution in [1.29, 1.82) is 0 Å². The summed E-state index contributed by atoms with van der Waals surface area (Å²) in [6.07, 6.45) is 0.477. The van der Waals surface area contributed by atoms with Gasteiger partial charge >= 0.3 is 20.8 Å². The van der Waals surface area contributed by atoms with E-state index in [0.29, 0.717) is 0 Å². The van der Waals surface area contributed by atoms with Gasteiger partial charge in [0.2, 0.25) is 0 Å². The quantitative estimate of drug-likeness (QED) is 0.416. The Morgan fingerprint density at radius 1 is 0.607 bits per heavy atom. The number of benzene rings is 3. The second kappa shape index (κ2) is 8.11. The largest absolute Gasteiger partial charge is 0.397 e. The Balaban J connectivity index is 2.10. The molecule has 0 aromatic heterocycles. The molecule has 3 aromatic carbocycles. The van der Waals surface area contributed by atoms with Crippen LogP contribution in [0, 0.1) is 0 Å². The predicted molar refractivity (Wildman–Crippen MR) is 104 cm³/mol. The van der Waals surface area contributed by atoms with Crippen molar-refractivity contribution >= 4 is 42.3 Å². The first-order valence-electron chi connectivity index (χ1n) is 8.30. The van der Waals surface area contributed by atoms with Crippen LogP contribution in [-0.4, -0.2) is 39.2 Å². The summed E-state index contributed by atoms with van der Waals surface area (Å²) in [5.41, 5.74) is 1.68. The van der Waals surface area contributed by atoms with E-state index in [9.17, 15) is 16.8 Å². The number of hydrogen-bond acceptors (Lipinski definition) is 6. The molecule has 0 radical (unpaired) electrons. The van der Waals surface area contributed by atoms with Crippen molar-refractivity contribution < 1.29 is 34.3 Å². The first kappa shape index (κ1) is 20.6. The van der Waals surface area contributed by atoms with E-state index < -0.39 is 20.8 Å². The number of hydrogen-bond donors (Lipinski definition) is 2. The average Bonchev–Trinajstić information content (AvgIpc) is 2.61. The molecule has 0 saturated heterocycles. The van der Waals surface area contributed by atoms with E-state index in [-0.39, 0.29) is 26.1 Å². The summed E-state index contributed by atoms with van der Waals surface area (Å²) in [6.45, 7) is -0.448. The highest BCUT2D eigenvalue weighted by molar-refractivity contribution is 7.81. The molecule has 0 aliphatic carbocycles. The predicted octanol–water partition coefficient (Wildman–Crippen LogP) is 2.72. The van der Waals surface area contributed by atoms with Gasteiger partial charge in [0.05, 0.1) is 13.2 Å². The zero-order valence-electron chi connectivity index (χ0n) is 14.6. The van der Waals surface area contributed by atoms with Crippen molar-refractivity contribution in [2.24, 2.45) is 0 Å². The molecule has 0 unspecified atom stereocenters. The molecule has 3 aromatic rings. The fraction of sp³-hybridized carbons (Fsp3) is 0.222. The number of fused-ring (bicyclic) bond motifs is 2. The second-order valence-electron chi connectivity index (χ2n) is 6.05. The molecule has 0 bridgehead atoms. The van der Waals surface area contributed by atoms with Crippen molar-refractivity contribution in [3.05, 3.63) is 59.7 Å². The molecule has 10 heteroatoms. The van der Waals surface area contributed by atoms with Crippen LogP contribution in [0.5, 0.6) is 0 Å². The molecule has 0 spiro atoms. The first-order valence-corrected chi connectivity index (χ1v) is 11.0. The van der Waals surface area contributed by atoms with Gasteiger partial charge < -0.3 is 0 Å². The summed E-state index contributed by atoms with van der Waals surface area (Å²) in [5.74, 6) is 0. The standard InChI is InChI=1S/C18H18O8S2/c19-27(20,21)25-11-9-17-13-5-1-2-6-14(13)18(10-12-26-28(22,23)24)16-8-4-3-7-15(16)17/h1-8H,9-12H2,(H,19,20,21)(H,22,23,24). The lowest BCUT2D eigenvalue weighted by Gasteiger charge is -2.16. The lowest BCUT2D eigenvalue weighted by atomic mass is 9.89. The van der Waals surface area contributed by atoms with Gasteiger partial charge in [0.15, 0.2) is 0 Å². The van der Waals surface area contributed by atoms with Crippen LogP contribution in [0.15, 0.2) is 48.5 Å². The summed E-state index contributed by atoms with van der Waals surface area (Å²) in [5, 5.41) is 3.40. The van der Waals surface area contributed by atoms with Crippen molar-refractivity contribution in [1.82, 2.24) is 0 Å². The maximum Gasteiger partial charge on any atom is 0.397 e. The number of rotatable bonds is 8. The third kappa shape index (κ3) is 5.04. The summed E-state index contributed by atoms with van der Waals surface area (Å²) < 4.78 is 70.0. The fourth-order valence-electron chi connectivity index (χ4n) is 3.35. The maximum absolute atomic E-state index is 10.9. The van der Waals surface area contributed by atoms with Crippen molar-refractivity contribution in [2.45, 2.75) is 12.8 Å². The van der Waals surface area contributed by atoms with Gasteiger partial charge in [-0.25, -0.2) is 8.37 Å². The molecule has 0 aliphatic rings. The van der Waals surface area contributed by atoms with E-state index in [0.717, 1.165) is 32.7 Å². The van der Waals surface area contributed by atoms with E-state index in [1.54, 1.807) is 0 Å². The average molecular weight is 426 g/mol. The molecule has 8 nitrogen and oxygen atoms in total. The summed E-state index contributed by atoms with van der Waals surface area (Å²) in [6, 6.07) is 14.8. The zero-order valence-corrected chi connectivity index (χ0v) is 16.2. The molecule has 0 amide bonds. The van der Waals surface area contributed by atoms with Crippen LogP contribution >= 0.6 is 0 Å². The topological polar surface area (TPSA) is 127 Å². The van der Waals surface area contributed by atoms with Gasteiger partial charge in [-0.05, 0) is 45.5 Å². The molecule has 0 saturated carbocycles. The molecule has 3 rings (SSSR count). The van der Waals surface area contributed by atoms with Crippen LogP contribution in [-0.2, 0) is 42.0 Å². The van der Waals surface area contributed by atoms with Crippen LogP contribution in [0.2, 0.25) is 0 Å². The molecular formula is C18H18O8S2. The Bertz CT molecular complexity index is 1060. The zero-order chi connectivity index (χ0) is 20.4. The summed E-state index contributed by atoms with van der Waals surface area (Å²) >= 11 is 0. The van der Waals surface area contributed by atoms with Crippen molar-refractivity contribution in [3.8, 4) is 0 Å². The van der Waals surface area contributed by atoms with Gasteiger partial charge in [0.25, 0.3) is 0 Å². The highest BCUT2D eigenvalue weighted by Crippen LogP contribution is 2.33. The van der Waals surface area contributed by atoms with Crippen LogP contribution in [0.1, 0.15) is 11.1 Å². The van der Waals surface area contributed by atoms with Crippen molar-refractivity contribution in [2.75, 3.05) is 13.2 Å². The lowest BCUT2D eigenvalue weighted by molar-refractivity contribution is 0.270. The van der Waals surface area contributed by atoms with Gasteiger partial charge in [0.1, 0.15) is 0 Å². The molecule has 0 aliphatic heterocycles. The molecule has 0 atom stereocenters. The Morgan fingerprint density at radius 3 is 1.14 bits per heavy atom. The normalized spacial score (nSPS) is 12.6. The van der Waals surface area contributed by atoms with Crippen molar-refractivity contribution in [3.63, 3.8) is 0 Å². The minimum Gasteiger partial charge on any atom is -0.264 e. The third-order valence-electron chi connectivity index (χ3n) is 4.32. The fourth-order valence-corrected chi connectivity index (χ4v) is 3.93. The Kier molecular flexibility index (Phi) is 5.98. The first-order chi connectivity index (χ1) is 13.2. The van der Waals surface area contributed by atoms with E-state index in [2.05, 4.69) is 8.37 Å². The Hall–Kier alpha value is -2.08. The monoisotopic (exact) mass is 426 g/mol. The van der Waals surface area contributed by atoms with Crippen LogP contribution in [0.3, 0.4) is 0 Å². The molecule has 150 valence electrons. The SMILES string of the molecule is O=S(=O)(O)OCCc1c2ccccc2c(CCOS(=O)(=O)O)c2ccccc12. The molecular weight excluding hydrogens is 408 g/mol. The Labute approximate surface area is 162 Å². The highest BCUT2D eigenvalue weighted by atomic mass is 32.3. The van der Waals surface area contributed by atoms with Crippen LogP contribution in [0.4, 0.5) is 0 Å². The van der Waals surface area contributed by atoms with Crippen LogP contribution in [0.25, 0.3) is 21.5 Å². The second-order valence-corrected chi connectivity index (χ2v) is 8.23. The van der Waals surface area contributed by atoms with E-state index in [4.69, 9.17) is 9.11 Å². The minimum atomic E-state index is -4.53. The summed E-state index contributed by atoms with van der Waals surface area (Å²) in [4.78, 5) is 0.